The molecule has 6 rings (SSSR count). The second kappa shape index (κ2) is 9.68. The van der Waals surface area contributed by atoms with Crippen LogP contribution in [0.1, 0.15) is 48.3 Å². The Morgan fingerprint density at radius 2 is 2.12 bits per heavy atom. The highest BCUT2D eigenvalue weighted by atomic mass is 35.5. The molecule has 0 saturated carbocycles. The number of aliphatic carboxylic acids is 1. The van der Waals surface area contributed by atoms with Gasteiger partial charge in [-0.25, -0.2) is 13.4 Å². The number of thiophene rings is 1. The van der Waals surface area contributed by atoms with Crippen LogP contribution in [0, 0.1) is 12.3 Å². The highest BCUT2D eigenvalue weighted by Gasteiger charge is 2.44. The van der Waals surface area contributed by atoms with E-state index in [1.165, 1.54) is 27.9 Å². The second-order valence-electron chi connectivity index (χ2n) is 10.9. The van der Waals surface area contributed by atoms with Gasteiger partial charge in [-0.1, -0.05) is 17.7 Å². The molecular weight excluding hydrogens is 574 g/mol. The molecule has 2 aromatic heterocycles. The Bertz CT molecular complexity index is 1630. The summed E-state index contributed by atoms with van der Waals surface area (Å²) in [5, 5.41) is 13.0. The van der Waals surface area contributed by atoms with Gasteiger partial charge in [0.05, 0.1) is 22.0 Å². The number of sulfonamides is 1. The molecule has 40 heavy (non-hydrogen) atoms. The number of carboxylic acid groups (broad SMARTS) is 1. The largest absolute Gasteiger partial charge is 0.481 e. The number of hydrogen-bond donors (Lipinski definition) is 2. The molecule has 2 unspecified atom stereocenters. The molecule has 13 heteroatoms. The smallest absolute Gasteiger partial charge is 0.310 e. The number of carbonyl (C=O) groups is 1. The summed E-state index contributed by atoms with van der Waals surface area (Å²) in [6.45, 7) is 8.52. The molecule has 212 valence electrons. The number of carboxylic acids is 1. The number of aromatic nitrogens is 1. The van der Waals surface area contributed by atoms with Gasteiger partial charge in [-0.3, -0.25) is 4.79 Å². The van der Waals surface area contributed by atoms with Gasteiger partial charge in [0.25, 0.3) is 0 Å². The standard InChI is InChI=1S/C27H30ClN5O5S2/c1-5-32-19-9-8-18-15(2)23(19)33(30-32)14-17-13-31(40(36,37)21-7-6-10-29-25(21)38-17)12-16-11-20(39-24(16)28)22(18)27(3,4)26(34)35/h6-11,17,22,33H,5,12-14H2,1-4H3,(H,34,35)/t17-,22+/m0/s1. The first-order valence-corrected chi connectivity index (χ1v) is 15.7. The monoisotopic (exact) mass is 603 g/mol. The fraction of sp³-hybridized carbons (Fsp3) is 0.407. The summed E-state index contributed by atoms with van der Waals surface area (Å²) >= 11 is 8.05. The predicted molar refractivity (Wildman–Crippen MR) is 152 cm³/mol. The van der Waals surface area contributed by atoms with Gasteiger partial charge in [-0.05, 0) is 63.1 Å². The summed E-state index contributed by atoms with van der Waals surface area (Å²) < 4.78 is 35.8. The highest BCUT2D eigenvalue weighted by molar-refractivity contribution is 7.89. The number of nitrogens with zero attached hydrogens (tertiary/aromatic N) is 4. The molecule has 4 atom stereocenters. The molecule has 0 spiro atoms. The average molecular weight is 604 g/mol. The van der Waals surface area contributed by atoms with E-state index in [1.807, 2.05) is 37.1 Å². The first kappa shape index (κ1) is 27.4. The van der Waals surface area contributed by atoms with Gasteiger partial charge in [-0.2, -0.15) is 4.31 Å². The molecule has 0 radical (unpaired) electrons. The van der Waals surface area contributed by atoms with Crippen LogP contribution in [-0.2, 0) is 21.4 Å². The molecule has 6 bridgehead atoms. The van der Waals surface area contributed by atoms with Crippen molar-refractivity contribution in [2.24, 2.45) is 5.41 Å². The molecule has 3 aromatic rings. The highest BCUT2D eigenvalue weighted by Crippen LogP contribution is 2.49. The van der Waals surface area contributed by atoms with E-state index in [0.717, 1.165) is 32.4 Å². The zero-order valence-electron chi connectivity index (χ0n) is 22.5. The summed E-state index contributed by atoms with van der Waals surface area (Å²) in [7, 11) is -3.97. The summed E-state index contributed by atoms with van der Waals surface area (Å²) in [5.74, 6) is -1.40. The summed E-state index contributed by atoms with van der Waals surface area (Å²) in [6.07, 6.45) is 0.949. The lowest BCUT2D eigenvalue weighted by atomic mass is 9.72. The van der Waals surface area contributed by atoms with E-state index in [4.69, 9.17) is 21.9 Å². The third-order valence-corrected chi connectivity index (χ3v) is 11.4. The van der Waals surface area contributed by atoms with Crippen molar-refractivity contribution in [3.05, 3.63) is 68.0 Å². The normalized spacial score (nSPS) is 25.1. The zero-order valence-corrected chi connectivity index (χ0v) is 24.9. The van der Waals surface area contributed by atoms with E-state index in [-0.39, 0.29) is 23.9 Å². The third-order valence-electron chi connectivity index (χ3n) is 8.04. The molecule has 0 amide bonds. The molecule has 2 N–H and O–H groups in total. The fourth-order valence-corrected chi connectivity index (χ4v) is 9.02. The molecule has 10 nitrogen and oxygen atoms in total. The van der Waals surface area contributed by atoms with Gasteiger partial charge >= 0.3 is 5.97 Å². The van der Waals surface area contributed by atoms with E-state index in [9.17, 15) is 18.3 Å². The Labute approximate surface area is 242 Å². The maximum atomic E-state index is 13.9. The number of ether oxygens (including phenoxy) is 1. The lowest BCUT2D eigenvalue weighted by Gasteiger charge is -2.34. The number of quaternary nitrogens is 1. The minimum atomic E-state index is -3.97. The maximum Gasteiger partial charge on any atom is 0.310 e. The number of benzene rings is 1. The Balaban J connectivity index is 1.61. The van der Waals surface area contributed by atoms with Crippen molar-refractivity contribution in [2.75, 3.05) is 24.6 Å². The van der Waals surface area contributed by atoms with Gasteiger partial charge < -0.3 is 25.4 Å². The van der Waals surface area contributed by atoms with Gasteiger partial charge in [-0.15, -0.1) is 11.3 Å². The number of hydrogen-bond acceptors (Lipinski definition) is 7. The Morgan fingerprint density at radius 1 is 1.35 bits per heavy atom. The molecular formula is C27H30ClN5O5S2. The Morgan fingerprint density at radius 3 is 2.85 bits per heavy atom. The van der Waals surface area contributed by atoms with Gasteiger partial charge in [0.15, 0.2) is 6.10 Å². The Hall–Kier alpha value is -2.74. The van der Waals surface area contributed by atoms with Crippen LogP contribution in [0.4, 0.5) is 11.4 Å². The van der Waals surface area contributed by atoms with Crippen LogP contribution in [0.3, 0.4) is 0 Å². The average Bonchev–Trinajstić information content (AvgIpc) is 3.41. The summed E-state index contributed by atoms with van der Waals surface area (Å²) in [5.41, 5.74) is 8.03. The van der Waals surface area contributed by atoms with Crippen LogP contribution in [0.25, 0.3) is 5.53 Å². The van der Waals surface area contributed by atoms with E-state index in [2.05, 4.69) is 4.98 Å². The van der Waals surface area contributed by atoms with Crippen LogP contribution < -0.4 is 14.8 Å². The molecule has 0 fully saturated rings. The minimum absolute atomic E-state index is 0.00321. The molecule has 1 aromatic carbocycles. The molecule has 0 saturated heterocycles. The third kappa shape index (κ3) is 4.20. The van der Waals surface area contributed by atoms with E-state index < -0.39 is 33.4 Å². The number of anilines is 1. The minimum Gasteiger partial charge on any atom is -0.481 e. The number of nitrogens with one attached hydrogen (secondary N) is 1. The van der Waals surface area contributed by atoms with E-state index in [1.54, 1.807) is 19.9 Å². The molecule has 3 aliphatic rings. The fourth-order valence-electron chi connectivity index (χ4n) is 5.92. The molecule has 0 aliphatic carbocycles. The van der Waals surface area contributed by atoms with Crippen LogP contribution in [0.15, 0.2) is 41.4 Å². The van der Waals surface area contributed by atoms with Crippen molar-refractivity contribution in [3.63, 3.8) is 0 Å². The second-order valence-corrected chi connectivity index (χ2v) is 14.5. The number of pyridine rings is 1. The Kier molecular flexibility index (Phi) is 6.63. The van der Waals surface area contributed by atoms with Crippen LogP contribution in [-0.4, -0.2) is 54.5 Å². The van der Waals surface area contributed by atoms with Gasteiger partial charge in [0.1, 0.15) is 17.1 Å². The lowest BCUT2D eigenvalue weighted by Crippen LogP contribution is -3.04. The molecule has 5 heterocycles. The first-order chi connectivity index (χ1) is 18.9. The van der Waals surface area contributed by atoms with Crippen molar-refractivity contribution < 1.29 is 28.1 Å². The van der Waals surface area contributed by atoms with E-state index >= 15 is 0 Å². The van der Waals surface area contributed by atoms with E-state index in [0.29, 0.717) is 23.0 Å². The van der Waals surface area contributed by atoms with Crippen molar-refractivity contribution in [1.82, 2.24) is 9.29 Å². The van der Waals surface area contributed by atoms with Gasteiger partial charge in [0.2, 0.25) is 15.9 Å². The number of fused-ring (bicyclic) bond motifs is 6. The lowest BCUT2D eigenvalue weighted by molar-refractivity contribution is -0.791. The predicted octanol–water partition coefficient (Wildman–Crippen LogP) is 3.87. The zero-order chi connectivity index (χ0) is 28.6. The van der Waals surface area contributed by atoms with Crippen LogP contribution in [0.2, 0.25) is 4.34 Å². The van der Waals surface area contributed by atoms with Crippen molar-refractivity contribution in [2.45, 2.75) is 51.2 Å². The summed E-state index contributed by atoms with van der Waals surface area (Å²) in [6, 6.07) is 8.93. The van der Waals surface area contributed by atoms with Crippen LogP contribution >= 0.6 is 22.9 Å². The summed E-state index contributed by atoms with van der Waals surface area (Å²) in [4.78, 5) is 17.6. The van der Waals surface area contributed by atoms with Gasteiger partial charge in [0, 0.05) is 35.6 Å². The maximum absolute atomic E-state index is 13.9. The first-order valence-electron chi connectivity index (χ1n) is 13.1. The number of halogens is 1. The SMILES string of the molecule is CCN1[N-][NH+]2C[C@@H]3CN(Cc4cc(sc4Cl)[C@H](C(C)(C)C(=O)O)c4ccc1c2c4C)S(=O)(=O)c1cccnc1O3. The quantitative estimate of drug-likeness (QED) is 0.466. The van der Waals surface area contributed by atoms with Crippen molar-refractivity contribution in [3.8, 4) is 5.88 Å². The molecule has 3 aliphatic heterocycles. The van der Waals surface area contributed by atoms with Crippen molar-refractivity contribution in [1.29, 1.82) is 0 Å². The topological polar surface area (TPSA) is 119 Å². The van der Waals surface area contributed by atoms with Crippen LogP contribution in [0.5, 0.6) is 5.88 Å². The van der Waals surface area contributed by atoms with Crippen molar-refractivity contribution >= 4 is 50.3 Å². The number of rotatable bonds is 3.